The summed E-state index contributed by atoms with van der Waals surface area (Å²) >= 11 is 0. The number of aliphatic hydroxyl groups is 1. The first kappa shape index (κ1) is 13.9. The Bertz CT molecular complexity index is 249. The molecule has 2 unspecified atom stereocenters. The van der Waals surface area contributed by atoms with Gasteiger partial charge in [0.2, 0.25) is 0 Å². The van der Waals surface area contributed by atoms with Crippen molar-refractivity contribution in [1.82, 2.24) is 5.32 Å². The first-order chi connectivity index (χ1) is 6.31. The van der Waals surface area contributed by atoms with Crippen LogP contribution in [0.2, 0.25) is 0 Å². The van der Waals surface area contributed by atoms with Crippen molar-refractivity contribution in [2.45, 2.75) is 32.1 Å². The summed E-state index contributed by atoms with van der Waals surface area (Å²) in [6, 6.07) is 0. The largest absolute Gasteiger partial charge is 0.391 e. The molecule has 0 amide bonds. The summed E-state index contributed by atoms with van der Waals surface area (Å²) in [4.78, 5) is 0. The molecule has 0 saturated heterocycles. The van der Waals surface area contributed by atoms with E-state index in [1.165, 1.54) is 0 Å². The second-order valence-electron chi connectivity index (χ2n) is 3.99. The molecule has 2 atom stereocenters. The first-order valence-corrected chi connectivity index (χ1v) is 6.57. The Labute approximate surface area is 86.6 Å². The molecule has 0 heterocycles. The van der Waals surface area contributed by atoms with Crippen LogP contribution in [0.4, 0.5) is 0 Å². The third kappa shape index (κ3) is 4.39. The Morgan fingerprint density at radius 2 is 1.79 bits per heavy atom. The quantitative estimate of drug-likeness (QED) is 0.666. The molecule has 0 bridgehead atoms. The van der Waals surface area contributed by atoms with Gasteiger partial charge in [-0.05, 0) is 19.9 Å². The van der Waals surface area contributed by atoms with E-state index in [-0.39, 0.29) is 11.7 Å². The van der Waals surface area contributed by atoms with Crippen molar-refractivity contribution < 1.29 is 13.5 Å². The van der Waals surface area contributed by atoms with Crippen LogP contribution in [0.3, 0.4) is 0 Å². The molecule has 5 heteroatoms. The van der Waals surface area contributed by atoms with Gasteiger partial charge in [-0.15, -0.1) is 0 Å². The average molecular weight is 223 g/mol. The summed E-state index contributed by atoms with van der Waals surface area (Å²) in [6.07, 6.45) is -0.814. The molecule has 0 saturated carbocycles. The highest BCUT2D eigenvalue weighted by Crippen LogP contribution is 2.13. The minimum Gasteiger partial charge on any atom is -0.391 e. The van der Waals surface area contributed by atoms with Crippen LogP contribution in [0, 0.1) is 5.92 Å². The van der Waals surface area contributed by atoms with Crippen molar-refractivity contribution in [2.75, 3.05) is 19.3 Å². The predicted octanol–water partition coefficient (Wildman–Crippen LogP) is 0.0260. The van der Waals surface area contributed by atoms with Crippen molar-refractivity contribution in [3.05, 3.63) is 0 Å². The van der Waals surface area contributed by atoms with Crippen LogP contribution in [0.15, 0.2) is 0 Å². The van der Waals surface area contributed by atoms with Gasteiger partial charge in [-0.3, -0.25) is 0 Å². The van der Waals surface area contributed by atoms with Gasteiger partial charge in [-0.25, -0.2) is 8.42 Å². The maximum absolute atomic E-state index is 11.7. The monoisotopic (exact) mass is 223 g/mol. The number of likely N-dealkylation sites (N-methyl/N-ethyl adjacent to an activating group) is 1. The molecule has 0 aromatic rings. The van der Waals surface area contributed by atoms with Gasteiger partial charge in [0.1, 0.15) is 0 Å². The zero-order valence-electron chi connectivity index (χ0n) is 9.32. The second-order valence-corrected chi connectivity index (χ2v) is 6.39. The number of nitrogens with one attached hydrogen (secondary N) is 1. The van der Waals surface area contributed by atoms with E-state index in [1.54, 1.807) is 14.0 Å². The van der Waals surface area contributed by atoms with Crippen LogP contribution in [0.25, 0.3) is 0 Å². The molecule has 0 rings (SSSR count). The maximum atomic E-state index is 11.7. The lowest BCUT2D eigenvalue weighted by Crippen LogP contribution is -2.35. The van der Waals surface area contributed by atoms with Gasteiger partial charge >= 0.3 is 0 Å². The lowest BCUT2D eigenvalue weighted by Gasteiger charge is -2.18. The Kier molecular flexibility index (Phi) is 5.63. The first-order valence-electron chi connectivity index (χ1n) is 4.85. The van der Waals surface area contributed by atoms with Crippen LogP contribution in [-0.4, -0.2) is 44.2 Å². The Morgan fingerprint density at radius 1 is 1.29 bits per heavy atom. The van der Waals surface area contributed by atoms with Gasteiger partial charge < -0.3 is 10.4 Å². The number of aliphatic hydroxyl groups excluding tert-OH is 1. The smallest absolute Gasteiger partial charge is 0.155 e. The van der Waals surface area contributed by atoms with Gasteiger partial charge in [-0.2, -0.15) is 0 Å². The number of hydrogen-bond acceptors (Lipinski definition) is 4. The summed E-state index contributed by atoms with van der Waals surface area (Å²) < 4.78 is 23.3. The average Bonchev–Trinajstić information content (AvgIpc) is 2.02. The highest BCUT2D eigenvalue weighted by atomic mass is 32.2. The standard InChI is InChI=1S/C9H21NO3S/c1-7(2)8(3)14(12,13)6-9(11)5-10-4/h7-11H,5-6H2,1-4H3. The summed E-state index contributed by atoms with van der Waals surface area (Å²) in [5.41, 5.74) is 0. The minimum absolute atomic E-state index is 0.0850. The summed E-state index contributed by atoms with van der Waals surface area (Å²) in [5.74, 6) is -0.0746. The SMILES string of the molecule is CNCC(O)CS(=O)(=O)C(C)C(C)C. The normalized spacial score (nSPS) is 17.0. The fourth-order valence-electron chi connectivity index (χ4n) is 1.13. The van der Waals surface area contributed by atoms with E-state index < -0.39 is 21.2 Å². The molecule has 0 aliphatic carbocycles. The van der Waals surface area contributed by atoms with Gasteiger partial charge in [0.05, 0.1) is 17.1 Å². The molecular weight excluding hydrogens is 202 g/mol. The molecule has 86 valence electrons. The van der Waals surface area contributed by atoms with E-state index in [4.69, 9.17) is 0 Å². The van der Waals surface area contributed by atoms with Gasteiger partial charge in [0.15, 0.2) is 9.84 Å². The summed E-state index contributed by atoms with van der Waals surface area (Å²) in [6.45, 7) is 5.73. The molecule has 0 radical (unpaired) electrons. The lowest BCUT2D eigenvalue weighted by molar-refractivity contribution is 0.196. The van der Waals surface area contributed by atoms with Crippen LogP contribution in [-0.2, 0) is 9.84 Å². The Hall–Kier alpha value is -0.130. The van der Waals surface area contributed by atoms with Crippen molar-refractivity contribution in [3.63, 3.8) is 0 Å². The van der Waals surface area contributed by atoms with E-state index in [9.17, 15) is 13.5 Å². The number of hydrogen-bond donors (Lipinski definition) is 2. The molecule has 0 spiro atoms. The summed E-state index contributed by atoms with van der Waals surface area (Å²) in [7, 11) is -1.49. The molecule has 4 nitrogen and oxygen atoms in total. The van der Waals surface area contributed by atoms with Gasteiger partial charge in [0, 0.05) is 6.54 Å². The molecule has 0 aromatic heterocycles. The van der Waals surface area contributed by atoms with Crippen molar-refractivity contribution in [1.29, 1.82) is 0 Å². The minimum atomic E-state index is -3.17. The number of rotatable bonds is 6. The molecule has 0 aliphatic heterocycles. The van der Waals surface area contributed by atoms with Crippen LogP contribution in [0.5, 0.6) is 0 Å². The van der Waals surface area contributed by atoms with E-state index in [0.29, 0.717) is 6.54 Å². The predicted molar refractivity (Wildman–Crippen MR) is 58.0 cm³/mol. The zero-order valence-corrected chi connectivity index (χ0v) is 10.1. The Morgan fingerprint density at radius 3 is 2.14 bits per heavy atom. The molecule has 2 N–H and O–H groups in total. The second kappa shape index (κ2) is 5.68. The van der Waals surface area contributed by atoms with Crippen LogP contribution >= 0.6 is 0 Å². The van der Waals surface area contributed by atoms with E-state index in [2.05, 4.69) is 5.32 Å². The highest BCUT2D eigenvalue weighted by molar-refractivity contribution is 7.92. The van der Waals surface area contributed by atoms with Crippen molar-refractivity contribution in [2.24, 2.45) is 5.92 Å². The van der Waals surface area contributed by atoms with Gasteiger partial charge in [0.25, 0.3) is 0 Å². The molecular formula is C9H21NO3S. The third-order valence-corrected chi connectivity index (χ3v) is 4.90. The van der Waals surface area contributed by atoms with Crippen LogP contribution in [0.1, 0.15) is 20.8 Å². The number of sulfone groups is 1. The zero-order chi connectivity index (χ0) is 11.4. The topological polar surface area (TPSA) is 66.4 Å². The van der Waals surface area contributed by atoms with E-state index in [1.807, 2.05) is 13.8 Å². The molecule has 0 aromatic carbocycles. The maximum Gasteiger partial charge on any atom is 0.155 e. The fraction of sp³-hybridized carbons (Fsp3) is 1.00. The van der Waals surface area contributed by atoms with Crippen molar-refractivity contribution in [3.8, 4) is 0 Å². The molecule has 0 aliphatic rings. The highest BCUT2D eigenvalue weighted by Gasteiger charge is 2.26. The molecule has 0 fully saturated rings. The summed E-state index contributed by atoms with van der Waals surface area (Å²) in [5, 5.41) is 11.7. The van der Waals surface area contributed by atoms with Crippen molar-refractivity contribution >= 4 is 9.84 Å². The van der Waals surface area contributed by atoms with Crippen LogP contribution < -0.4 is 5.32 Å². The van der Waals surface area contributed by atoms with E-state index in [0.717, 1.165) is 0 Å². The van der Waals surface area contributed by atoms with E-state index >= 15 is 0 Å². The molecule has 14 heavy (non-hydrogen) atoms. The van der Waals surface area contributed by atoms with Gasteiger partial charge in [-0.1, -0.05) is 13.8 Å². The fourth-order valence-corrected chi connectivity index (χ4v) is 2.92. The Balaban J connectivity index is 4.34. The third-order valence-electron chi connectivity index (χ3n) is 2.37. The lowest BCUT2D eigenvalue weighted by atomic mass is 10.2.